The molecule has 1 aliphatic heterocycles. The zero-order chi connectivity index (χ0) is 22.3. The van der Waals surface area contributed by atoms with Crippen molar-refractivity contribution in [2.45, 2.75) is 25.5 Å². The van der Waals surface area contributed by atoms with E-state index in [0.717, 1.165) is 47.6 Å². The molecule has 3 aromatic carbocycles. The number of carboxylic acid groups (broad SMARTS) is 1. The van der Waals surface area contributed by atoms with Crippen molar-refractivity contribution < 1.29 is 19.4 Å². The SMILES string of the molecule is COc1cccc(C(c2ccc(OCc3ccccc3)cc2)N2CCCC(C(=O)O)C2)c1. The summed E-state index contributed by atoms with van der Waals surface area (Å²) >= 11 is 0. The van der Waals surface area contributed by atoms with Crippen molar-refractivity contribution in [3.05, 3.63) is 95.6 Å². The largest absolute Gasteiger partial charge is 0.497 e. The summed E-state index contributed by atoms with van der Waals surface area (Å²) in [5, 5.41) is 9.59. The van der Waals surface area contributed by atoms with Gasteiger partial charge < -0.3 is 14.6 Å². The highest BCUT2D eigenvalue weighted by Crippen LogP contribution is 2.35. The number of hydrogen-bond donors (Lipinski definition) is 1. The minimum absolute atomic E-state index is 0.0459. The average Bonchev–Trinajstić information content (AvgIpc) is 2.85. The molecule has 0 radical (unpaired) electrons. The summed E-state index contributed by atoms with van der Waals surface area (Å²) in [6.07, 6.45) is 1.60. The number of nitrogens with zero attached hydrogens (tertiary/aromatic N) is 1. The smallest absolute Gasteiger partial charge is 0.307 e. The monoisotopic (exact) mass is 431 g/mol. The van der Waals surface area contributed by atoms with E-state index in [-0.39, 0.29) is 12.0 Å². The predicted octanol–water partition coefficient (Wildman–Crippen LogP) is 5.16. The second kappa shape index (κ2) is 10.3. The number of carbonyl (C=O) groups is 1. The van der Waals surface area contributed by atoms with Crippen LogP contribution in [0.25, 0.3) is 0 Å². The number of benzene rings is 3. The first-order valence-corrected chi connectivity index (χ1v) is 11.0. The Morgan fingerprint density at radius 1 is 1.00 bits per heavy atom. The second-order valence-corrected chi connectivity index (χ2v) is 8.19. The number of piperidine rings is 1. The number of carboxylic acids is 1. The van der Waals surface area contributed by atoms with Crippen molar-refractivity contribution in [1.82, 2.24) is 4.90 Å². The predicted molar refractivity (Wildman–Crippen MR) is 124 cm³/mol. The zero-order valence-corrected chi connectivity index (χ0v) is 18.3. The first-order valence-electron chi connectivity index (χ1n) is 11.0. The Morgan fingerprint density at radius 3 is 2.50 bits per heavy atom. The summed E-state index contributed by atoms with van der Waals surface area (Å²) in [5.41, 5.74) is 3.32. The van der Waals surface area contributed by atoms with Gasteiger partial charge in [-0.2, -0.15) is 0 Å². The third-order valence-electron chi connectivity index (χ3n) is 6.02. The molecule has 1 saturated heterocycles. The van der Waals surface area contributed by atoms with Gasteiger partial charge in [-0.25, -0.2) is 0 Å². The molecule has 0 aliphatic carbocycles. The van der Waals surface area contributed by atoms with Crippen LogP contribution in [-0.4, -0.2) is 36.2 Å². The zero-order valence-electron chi connectivity index (χ0n) is 18.3. The molecule has 0 aromatic heterocycles. The standard InChI is InChI=1S/C27H29NO4/c1-31-25-11-5-9-22(17-25)26(28-16-6-10-23(18-28)27(29)30)21-12-14-24(15-13-21)32-19-20-7-3-2-4-8-20/h2-5,7-9,11-15,17,23,26H,6,10,16,18-19H2,1H3,(H,29,30). The Morgan fingerprint density at radius 2 is 1.78 bits per heavy atom. The Balaban J connectivity index is 1.58. The minimum atomic E-state index is -0.719. The van der Waals surface area contributed by atoms with Crippen LogP contribution in [0.1, 0.15) is 35.6 Å². The molecule has 0 bridgehead atoms. The van der Waals surface area contributed by atoms with E-state index in [1.165, 1.54) is 0 Å². The van der Waals surface area contributed by atoms with Crippen LogP contribution >= 0.6 is 0 Å². The highest BCUT2D eigenvalue weighted by Gasteiger charge is 2.31. The molecule has 2 unspecified atom stereocenters. The fraction of sp³-hybridized carbons (Fsp3) is 0.296. The van der Waals surface area contributed by atoms with Crippen LogP contribution in [-0.2, 0) is 11.4 Å². The van der Waals surface area contributed by atoms with E-state index < -0.39 is 5.97 Å². The Hall–Kier alpha value is -3.31. The van der Waals surface area contributed by atoms with E-state index in [1.54, 1.807) is 7.11 Å². The van der Waals surface area contributed by atoms with Crippen LogP contribution in [0.2, 0.25) is 0 Å². The molecular weight excluding hydrogens is 402 g/mol. The molecule has 0 saturated carbocycles. The molecule has 5 nitrogen and oxygen atoms in total. The lowest BCUT2D eigenvalue weighted by Gasteiger charge is -2.37. The lowest BCUT2D eigenvalue weighted by atomic mass is 9.91. The van der Waals surface area contributed by atoms with Crippen LogP contribution in [0.15, 0.2) is 78.9 Å². The van der Waals surface area contributed by atoms with Gasteiger partial charge in [-0.3, -0.25) is 9.69 Å². The molecule has 1 N–H and O–H groups in total. The molecular formula is C27H29NO4. The van der Waals surface area contributed by atoms with Gasteiger partial charge in [0, 0.05) is 6.54 Å². The van der Waals surface area contributed by atoms with Gasteiger partial charge in [0.1, 0.15) is 18.1 Å². The molecule has 1 aliphatic rings. The molecule has 166 valence electrons. The maximum atomic E-state index is 11.7. The van der Waals surface area contributed by atoms with Gasteiger partial charge in [-0.05, 0) is 60.3 Å². The van der Waals surface area contributed by atoms with Gasteiger partial charge >= 0.3 is 5.97 Å². The first-order chi connectivity index (χ1) is 15.6. The summed E-state index contributed by atoms with van der Waals surface area (Å²) in [7, 11) is 1.66. The topological polar surface area (TPSA) is 59.0 Å². The van der Waals surface area contributed by atoms with E-state index in [2.05, 4.69) is 23.1 Å². The highest BCUT2D eigenvalue weighted by molar-refractivity contribution is 5.70. The van der Waals surface area contributed by atoms with Crippen LogP contribution in [0, 0.1) is 5.92 Å². The van der Waals surface area contributed by atoms with Crippen molar-refractivity contribution in [1.29, 1.82) is 0 Å². The van der Waals surface area contributed by atoms with Crippen LogP contribution in [0.5, 0.6) is 11.5 Å². The third kappa shape index (κ3) is 5.29. The summed E-state index contributed by atoms with van der Waals surface area (Å²) in [4.78, 5) is 13.9. The second-order valence-electron chi connectivity index (χ2n) is 8.19. The third-order valence-corrected chi connectivity index (χ3v) is 6.02. The Labute approximate surface area is 189 Å². The van der Waals surface area contributed by atoms with Crippen LogP contribution in [0.3, 0.4) is 0 Å². The van der Waals surface area contributed by atoms with E-state index in [1.807, 2.05) is 60.7 Å². The van der Waals surface area contributed by atoms with Gasteiger partial charge in [0.25, 0.3) is 0 Å². The normalized spacial score (nSPS) is 17.5. The van der Waals surface area contributed by atoms with E-state index in [0.29, 0.717) is 13.2 Å². The molecule has 1 heterocycles. The van der Waals surface area contributed by atoms with E-state index in [4.69, 9.17) is 9.47 Å². The maximum Gasteiger partial charge on any atom is 0.307 e. The maximum absolute atomic E-state index is 11.7. The van der Waals surface area contributed by atoms with Gasteiger partial charge in [0.2, 0.25) is 0 Å². The number of ether oxygens (including phenoxy) is 2. The van der Waals surface area contributed by atoms with Gasteiger partial charge in [-0.15, -0.1) is 0 Å². The average molecular weight is 432 g/mol. The van der Waals surface area contributed by atoms with Crippen molar-refractivity contribution in [3.8, 4) is 11.5 Å². The van der Waals surface area contributed by atoms with Crippen molar-refractivity contribution in [2.24, 2.45) is 5.92 Å². The molecule has 3 aromatic rings. The Bertz CT molecular complexity index is 1020. The fourth-order valence-electron chi connectivity index (χ4n) is 4.36. The van der Waals surface area contributed by atoms with E-state index in [9.17, 15) is 9.90 Å². The molecule has 1 fully saturated rings. The molecule has 32 heavy (non-hydrogen) atoms. The number of hydrogen-bond acceptors (Lipinski definition) is 4. The van der Waals surface area contributed by atoms with Crippen LogP contribution < -0.4 is 9.47 Å². The molecule has 5 heteroatoms. The molecule has 0 amide bonds. The van der Waals surface area contributed by atoms with Gasteiger partial charge in [0.15, 0.2) is 0 Å². The summed E-state index contributed by atoms with van der Waals surface area (Å²) in [6, 6.07) is 26.2. The molecule has 4 rings (SSSR count). The number of rotatable bonds is 8. The quantitative estimate of drug-likeness (QED) is 0.534. The number of likely N-dealkylation sites (tertiary alicyclic amines) is 1. The van der Waals surface area contributed by atoms with E-state index >= 15 is 0 Å². The van der Waals surface area contributed by atoms with Gasteiger partial charge in [0.05, 0.1) is 19.1 Å². The highest BCUT2D eigenvalue weighted by atomic mass is 16.5. The minimum Gasteiger partial charge on any atom is -0.497 e. The molecule has 0 spiro atoms. The van der Waals surface area contributed by atoms with Crippen molar-refractivity contribution >= 4 is 5.97 Å². The van der Waals surface area contributed by atoms with Gasteiger partial charge in [-0.1, -0.05) is 54.6 Å². The summed E-state index contributed by atoms with van der Waals surface area (Å²) < 4.78 is 11.4. The first kappa shape index (κ1) is 21.9. The molecule has 2 atom stereocenters. The lowest BCUT2D eigenvalue weighted by Crippen LogP contribution is -2.41. The number of methoxy groups -OCH3 is 1. The number of aliphatic carboxylic acids is 1. The summed E-state index contributed by atoms with van der Waals surface area (Å²) in [5.74, 6) is 0.542. The van der Waals surface area contributed by atoms with Crippen LogP contribution in [0.4, 0.5) is 0 Å². The Kier molecular flexibility index (Phi) is 7.07. The van der Waals surface area contributed by atoms with Crippen molar-refractivity contribution in [3.63, 3.8) is 0 Å². The summed E-state index contributed by atoms with van der Waals surface area (Å²) in [6.45, 7) is 1.91. The lowest BCUT2D eigenvalue weighted by molar-refractivity contribution is -0.143. The van der Waals surface area contributed by atoms with Crippen molar-refractivity contribution in [2.75, 3.05) is 20.2 Å². The fourth-order valence-corrected chi connectivity index (χ4v) is 4.36.